The van der Waals surface area contributed by atoms with Crippen LogP contribution in [0.5, 0.6) is 12.0 Å². The van der Waals surface area contributed by atoms with Crippen LogP contribution in [0.25, 0.3) is 0 Å². The number of benzene rings is 2. The summed E-state index contributed by atoms with van der Waals surface area (Å²) in [7, 11) is 0. The largest absolute Gasteiger partial charge is 0.460 e. The number of hydrogen-bond donors (Lipinski definition) is 1. The average molecular weight is 498 g/mol. The first-order chi connectivity index (χ1) is 16.6. The molecule has 1 N–H and O–H groups in total. The zero-order valence-corrected chi connectivity index (χ0v) is 18.2. The molecular weight excluding hydrogens is 478 g/mol. The Hall–Kier alpha value is -3.57. The van der Waals surface area contributed by atoms with Crippen LogP contribution in [0.2, 0.25) is 0 Å². The van der Waals surface area contributed by atoms with Crippen molar-refractivity contribution in [3.05, 3.63) is 65.2 Å². The lowest BCUT2D eigenvalue weighted by Gasteiger charge is -2.15. The van der Waals surface area contributed by atoms with Gasteiger partial charge in [-0.2, -0.15) is 36.3 Å². The molecule has 0 atom stereocenters. The third-order valence-electron chi connectivity index (χ3n) is 5.32. The van der Waals surface area contributed by atoms with E-state index in [1.54, 1.807) is 0 Å². The van der Waals surface area contributed by atoms with Crippen LogP contribution in [0.15, 0.2) is 48.5 Å². The van der Waals surface area contributed by atoms with Crippen LogP contribution in [-0.4, -0.2) is 21.1 Å². The minimum atomic E-state index is -4.56. The van der Waals surface area contributed by atoms with Crippen LogP contribution in [0.3, 0.4) is 0 Å². The minimum absolute atomic E-state index is 0.0909. The van der Waals surface area contributed by atoms with Crippen molar-refractivity contribution in [2.24, 2.45) is 0 Å². The van der Waals surface area contributed by atoms with Crippen molar-refractivity contribution in [1.82, 2.24) is 15.0 Å². The van der Waals surface area contributed by atoms with Gasteiger partial charge in [-0.05, 0) is 56.0 Å². The molecule has 0 aliphatic heterocycles. The number of halogens is 6. The van der Waals surface area contributed by atoms with Gasteiger partial charge in [0.15, 0.2) is 0 Å². The monoisotopic (exact) mass is 498 g/mol. The fourth-order valence-corrected chi connectivity index (χ4v) is 3.60. The summed E-state index contributed by atoms with van der Waals surface area (Å²) in [6.07, 6.45) is -5.64. The van der Waals surface area contributed by atoms with Gasteiger partial charge < -0.3 is 14.8 Å². The standard InChI is InChI=1S/C23H20F6N4O2/c24-22(25,26)15-9-11-16(12-10-15)30-19-31-20(33-21(32-19)35-17-6-2-3-7-17)34-13-14-5-1-4-8-18(14)23(27,28)29/h1,4-5,8-12,17H,2-3,6-7,13H2,(H,30,31,32,33). The number of ether oxygens (including phenoxy) is 2. The molecule has 1 saturated carbocycles. The van der Waals surface area contributed by atoms with Crippen molar-refractivity contribution in [3.63, 3.8) is 0 Å². The van der Waals surface area contributed by atoms with E-state index < -0.39 is 30.1 Å². The van der Waals surface area contributed by atoms with Crippen molar-refractivity contribution in [3.8, 4) is 12.0 Å². The topological polar surface area (TPSA) is 69.2 Å². The first-order valence-electron chi connectivity index (χ1n) is 10.7. The number of anilines is 2. The van der Waals surface area contributed by atoms with E-state index in [9.17, 15) is 26.3 Å². The molecule has 0 saturated heterocycles. The highest BCUT2D eigenvalue weighted by Crippen LogP contribution is 2.33. The summed E-state index contributed by atoms with van der Waals surface area (Å²) in [6, 6.07) is 8.74. The molecule has 1 aliphatic rings. The highest BCUT2D eigenvalue weighted by atomic mass is 19.4. The van der Waals surface area contributed by atoms with Gasteiger partial charge in [0.2, 0.25) is 5.95 Å². The quantitative estimate of drug-likeness (QED) is 0.373. The predicted molar refractivity (Wildman–Crippen MR) is 113 cm³/mol. The lowest BCUT2D eigenvalue weighted by Crippen LogP contribution is -2.15. The van der Waals surface area contributed by atoms with Crippen LogP contribution < -0.4 is 14.8 Å². The molecule has 0 unspecified atom stereocenters. The molecule has 0 bridgehead atoms. The van der Waals surface area contributed by atoms with E-state index in [1.165, 1.54) is 30.3 Å². The lowest BCUT2D eigenvalue weighted by molar-refractivity contribution is -0.139. The summed E-state index contributed by atoms with van der Waals surface area (Å²) >= 11 is 0. The van der Waals surface area contributed by atoms with Gasteiger partial charge in [-0.25, -0.2) is 0 Å². The fraction of sp³-hybridized carbons (Fsp3) is 0.348. The van der Waals surface area contributed by atoms with Crippen molar-refractivity contribution < 1.29 is 35.8 Å². The summed E-state index contributed by atoms with van der Waals surface area (Å²) in [5, 5.41) is 2.75. The van der Waals surface area contributed by atoms with Gasteiger partial charge in [-0.3, -0.25) is 0 Å². The van der Waals surface area contributed by atoms with Gasteiger partial charge in [0.1, 0.15) is 12.7 Å². The maximum atomic E-state index is 13.3. The maximum absolute atomic E-state index is 13.3. The Balaban J connectivity index is 1.56. The summed E-state index contributed by atoms with van der Waals surface area (Å²) < 4.78 is 89.5. The van der Waals surface area contributed by atoms with Gasteiger partial charge in [0.05, 0.1) is 11.1 Å². The Bertz CT molecular complexity index is 1150. The van der Waals surface area contributed by atoms with Crippen molar-refractivity contribution >= 4 is 11.6 Å². The summed E-state index contributed by atoms with van der Waals surface area (Å²) in [5.74, 6) is -0.0909. The van der Waals surface area contributed by atoms with Crippen LogP contribution in [-0.2, 0) is 19.0 Å². The second-order valence-electron chi connectivity index (χ2n) is 7.89. The van der Waals surface area contributed by atoms with E-state index in [-0.39, 0.29) is 35.3 Å². The fourth-order valence-electron chi connectivity index (χ4n) is 3.60. The highest BCUT2D eigenvalue weighted by Gasteiger charge is 2.33. The molecule has 1 aliphatic carbocycles. The van der Waals surface area contributed by atoms with Gasteiger partial charge in [-0.15, -0.1) is 4.98 Å². The molecule has 1 fully saturated rings. The molecule has 4 rings (SSSR count). The van der Waals surface area contributed by atoms with Gasteiger partial charge >= 0.3 is 24.4 Å². The zero-order chi connectivity index (χ0) is 25.1. The first kappa shape index (κ1) is 24.6. The average Bonchev–Trinajstić information content (AvgIpc) is 3.30. The highest BCUT2D eigenvalue weighted by molar-refractivity contribution is 5.54. The number of alkyl halides is 6. The van der Waals surface area contributed by atoms with E-state index >= 15 is 0 Å². The molecule has 2 aromatic carbocycles. The van der Waals surface area contributed by atoms with Crippen LogP contribution in [0, 0.1) is 0 Å². The van der Waals surface area contributed by atoms with Crippen molar-refractivity contribution in [2.45, 2.75) is 50.7 Å². The second-order valence-corrected chi connectivity index (χ2v) is 7.89. The Morgan fingerprint density at radius 1 is 0.800 bits per heavy atom. The molecule has 0 spiro atoms. The van der Waals surface area contributed by atoms with Crippen molar-refractivity contribution in [1.29, 1.82) is 0 Å². The van der Waals surface area contributed by atoms with E-state index in [0.29, 0.717) is 0 Å². The van der Waals surface area contributed by atoms with Gasteiger partial charge in [0.25, 0.3) is 0 Å². The normalized spacial score (nSPS) is 14.7. The SMILES string of the molecule is FC(F)(F)c1ccc(Nc2nc(OCc3ccccc3C(F)(F)F)nc(OC3CCCC3)n2)cc1. The molecule has 6 nitrogen and oxygen atoms in total. The maximum Gasteiger partial charge on any atom is 0.416 e. The van der Waals surface area contributed by atoms with Crippen LogP contribution in [0.4, 0.5) is 38.0 Å². The smallest absolute Gasteiger partial charge is 0.416 e. The summed E-state index contributed by atoms with van der Waals surface area (Å²) in [4.78, 5) is 12.2. The van der Waals surface area contributed by atoms with E-state index in [2.05, 4.69) is 20.3 Å². The van der Waals surface area contributed by atoms with Gasteiger partial charge in [-0.1, -0.05) is 18.2 Å². The third kappa shape index (κ3) is 6.52. The van der Waals surface area contributed by atoms with Crippen LogP contribution >= 0.6 is 0 Å². The molecule has 3 aromatic rings. The molecule has 35 heavy (non-hydrogen) atoms. The number of nitrogens with zero attached hydrogens (tertiary/aromatic N) is 3. The molecule has 0 amide bonds. The molecule has 12 heteroatoms. The van der Waals surface area contributed by atoms with Gasteiger partial charge in [0, 0.05) is 11.3 Å². The third-order valence-corrected chi connectivity index (χ3v) is 5.32. The van der Waals surface area contributed by atoms with E-state index in [1.807, 2.05) is 0 Å². The summed E-state index contributed by atoms with van der Waals surface area (Å²) in [6.45, 7) is -0.470. The second kappa shape index (κ2) is 9.96. The number of aromatic nitrogens is 3. The summed E-state index contributed by atoms with van der Waals surface area (Å²) in [5.41, 5.74) is -1.53. The Morgan fingerprint density at radius 3 is 2.11 bits per heavy atom. The molecular formula is C23H20F6N4O2. The van der Waals surface area contributed by atoms with Crippen molar-refractivity contribution in [2.75, 3.05) is 5.32 Å². The predicted octanol–water partition coefficient (Wildman–Crippen LogP) is 6.55. The Morgan fingerprint density at radius 2 is 1.46 bits per heavy atom. The molecule has 1 heterocycles. The zero-order valence-electron chi connectivity index (χ0n) is 18.2. The number of hydrogen-bond acceptors (Lipinski definition) is 6. The van der Waals surface area contributed by atoms with E-state index in [0.717, 1.165) is 43.9 Å². The molecule has 1 aromatic heterocycles. The lowest BCUT2D eigenvalue weighted by atomic mass is 10.1. The van der Waals surface area contributed by atoms with Crippen LogP contribution in [0.1, 0.15) is 42.4 Å². The first-order valence-corrected chi connectivity index (χ1v) is 10.7. The number of nitrogens with one attached hydrogen (secondary N) is 1. The number of rotatable bonds is 7. The van der Waals surface area contributed by atoms with E-state index in [4.69, 9.17) is 9.47 Å². The minimum Gasteiger partial charge on any atom is -0.460 e. The molecule has 186 valence electrons. The Labute approximate surface area is 196 Å². The Kier molecular flexibility index (Phi) is 6.99. The molecule has 0 radical (unpaired) electrons.